The Morgan fingerprint density at radius 3 is 2.20 bits per heavy atom. The van der Waals surface area contributed by atoms with Crippen molar-refractivity contribution >= 4 is 42.6 Å². The summed E-state index contributed by atoms with van der Waals surface area (Å²) in [7, 11) is 1.86. The second kappa shape index (κ2) is 17.2. The van der Waals surface area contributed by atoms with Crippen LogP contribution in [0, 0.1) is 0 Å². The number of ether oxygens (including phenoxy) is 2. The normalized spacial score (nSPS) is 12.9. The Morgan fingerprint density at radius 2 is 1.57 bits per heavy atom. The van der Waals surface area contributed by atoms with Gasteiger partial charge in [-0.05, 0) is 85.3 Å². The monoisotopic (exact) mass is 698 g/mol. The number of hydrogen-bond acceptors (Lipinski definition) is 9. The fourth-order valence-electron chi connectivity index (χ4n) is 4.90. The number of aromatic nitrogens is 3. The largest absolute Gasteiger partial charge is 0.462 e. The molecule has 1 N–H and O–H groups in total. The maximum absolute atomic E-state index is 12.5. The highest BCUT2D eigenvalue weighted by atomic mass is 32.4. The molecule has 1 unspecified atom stereocenters. The number of rotatable bonds is 17. The standard InChI is InChI=1S/C35H36N7O5PS/c1-40(48(2)49)37-23-27-12-16-30(17-13-27)47-22-21-46-29-14-10-26(11-15-29)18-19-36-33(43)25-41-24-28(38-39-41)7-5-6-20-42-34(44)31-8-3-4-9-32(31)35(42)45/h3-4,8-17,21-24H,5-7,18-20,25H2,1-2H3/p+1/b22-21?,37-23-. The van der Waals surface area contributed by atoms with E-state index in [0.29, 0.717) is 55.0 Å². The molecule has 3 aromatic carbocycles. The molecular formula is C35H37N7O5PS+. The van der Waals surface area contributed by atoms with Gasteiger partial charge in [-0.2, -0.15) is 0 Å². The second-order valence-electron chi connectivity index (χ2n) is 11.2. The lowest BCUT2D eigenvalue weighted by Crippen LogP contribution is -2.30. The zero-order valence-electron chi connectivity index (χ0n) is 27.3. The number of nitrogens with zero attached hydrogens (tertiary/aromatic N) is 6. The van der Waals surface area contributed by atoms with Crippen LogP contribution in [0.15, 0.2) is 96.6 Å². The van der Waals surface area contributed by atoms with Gasteiger partial charge in [0.25, 0.3) is 11.8 Å². The van der Waals surface area contributed by atoms with Gasteiger partial charge in [0, 0.05) is 19.3 Å². The zero-order chi connectivity index (χ0) is 34.6. The number of hydrazone groups is 1. The average molecular weight is 699 g/mol. The Labute approximate surface area is 290 Å². The number of aryl methyl sites for hydroxylation is 1. The number of benzene rings is 3. The van der Waals surface area contributed by atoms with Gasteiger partial charge in [0.2, 0.25) is 5.91 Å². The smallest absolute Gasteiger partial charge is 0.306 e. The van der Waals surface area contributed by atoms with Crippen LogP contribution in [0.5, 0.6) is 11.5 Å². The molecule has 1 aromatic heterocycles. The molecule has 1 aliphatic heterocycles. The van der Waals surface area contributed by atoms with E-state index >= 15 is 0 Å². The second-order valence-corrected chi connectivity index (χ2v) is 14.3. The molecule has 0 fully saturated rings. The lowest BCUT2D eigenvalue weighted by molar-refractivity contribution is -0.121. The van der Waals surface area contributed by atoms with Crippen LogP contribution >= 0.6 is 6.85 Å². The third-order valence-electron chi connectivity index (χ3n) is 7.62. The summed E-state index contributed by atoms with van der Waals surface area (Å²) in [5.41, 5.74) is 3.67. The molecule has 0 saturated heterocycles. The number of carbonyl (C=O) groups excluding carboxylic acids is 3. The van der Waals surface area contributed by atoms with Crippen molar-refractivity contribution in [1.29, 1.82) is 0 Å². The average Bonchev–Trinajstić information content (AvgIpc) is 3.65. The predicted octanol–water partition coefficient (Wildman–Crippen LogP) is 4.94. The summed E-state index contributed by atoms with van der Waals surface area (Å²) in [5.74, 6) is 0.680. The molecule has 4 aromatic rings. The maximum Gasteiger partial charge on any atom is 0.306 e. The van der Waals surface area contributed by atoms with Crippen molar-refractivity contribution in [3.63, 3.8) is 0 Å². The molecule has 0 bridgehead atoms. The molecule has 0 aliphatic carbocycles. The summed E-state index contributed by atoms with van der Waals surface area (Å²) in [6.07, 6.45) is 9.12. The molecule has 49 heavy (non-hydrogen) atoms. The summed E-state index contributed by atoms with van der Waals surface area (Å²) in [5, 5.41) is 15.4. The van der Waals surface area contributed by atoms with Gasteiger partial charge in [-0.3, -0.25) is 19.3 Å². The van der Waals surface area contributed by atoms with Crippen LogP contribution in [0.1, 0.15) is 50.4 Å². The van der Waals surface area contributed by atoms with Gasteiger partial charge in [-0.25, -0.2) is 4.68 Å². The minimum absolute atomic E-state index is 0.0641. The molecule has 0 radical (unpaired) electrons. The van der Waals surface area contributed by atoms with Crippen molar-refractivity contribution in [3.8, 4) is 11.5 Å². The van der Waals surface area contributed by atoms with Crippen LogP contribution in [-0.4, -0.2) is 75.4 Å². The Balaban J connectivity index is 0.945. The van der Waals surface area contributed by atoms with Crippen molar-refractivity contribution in [2.75, 3.05) is 26.8 Å². The fourth-order valence-corrected chi connectivity index (χ4v) is 5.22. The lowest BCUT2D eigenvalue weighted by atomic mass is 10.1. The van der Waals surface area contributed by atoms with Crippen LogP contribution < -0.4 is 14.8 Å². The van der Waals surface area contributed by atoms with Crippen molar-refractivity contribution in [2.24, 2.45) is 5.10 Å². The van der Waals surface area contributed by atoms with E-state index in [2.05, 4.69) is 20.7 Å². The maximum atomic E-state index is 12.5. The summed E-state index contributed by atoms with van der Waals surface area (Å²) in [4.78, 5) is 38.7. The first-order chi connectivity index (χ1) is 23.8. The highest BCUT2D eigenvalue weighted by Crippen LogP contribution is 2.23. The molecule has 5 rings (SSSR count). The van der Waals surface area contributed by atoms with Crippen molar-refractivity contribution in [2.45, 2.75) is 32.2 Å². The van der Waals surface area contributed by atoms with Gasteiger partial charge >= 0.3 is 6.85 Å². The number of carbonyl (C=O) groups is 3. The van der Waals surface area contributed by atoms with E-state index in [1.807, 2.05) is 62.2 Å². The molecule has 12 nitrogen and oxygen atoms in total. The molecule has 0 spiro atoms. The number of hydrogen-bond donors (Lipinski definition) is 1. The molecule has 3 amide bonds. The molecular weight excluding hydrogens is 661 g/mol. The van der Waals surface area contributed by atoms with Gasteiger partial charge in [0.15, 0.2) is 11.8 Å². The molecule has 1 atom stereocenters. The Morgan fingerprint density at radius 1 is 0.939 bits per heavy atom. The molecule has 14 heteroatoms. The van der Waals surface area contributed by atoms with Gasteiger partial charge in [-0.1, -0.05) is 29.5 Å². The number of unbranched alkanes of at least 4 members (excludes halogenated alkanes) is 1. The van der Waals surface area contributed by atoms with E-state index < -0.39 is 6.85 Å². The highest BCUT2D eigenvalue weighted by Gasteiger charge is 2.34. The first-order valence-corrected chi connectivity index (χ1v) is 18.5. The Bertz CT molecular complexity index is 1810. The third-order valence-corrected chi connectivity index (χ3v) is 9.25. The lowest BCUT2D eigenvalue weighted by Gasteiger charge is -2.13. The number of amides is 3. The number of nitrogens with one attached hydrogen (secondary N) is 1. The first-order valence-electron chi connectivity index (χ1n) is 15.7. The molecule has 1 aliphatic rings. The molecule has 0 saturated carbocycles. The molecule has 252 valence electrons. The summed E-state index contributed by atoms with van der Waals surface area (Å²) >= 11 is 5.22. The van der Waals surface area contributed by atoms with Crippen LogP contribution in [0.3, 0.4) is 0 Å². The first kappa shape index (κ1) is 35.1. The third kappa shape index (κ3) is 10.1. The van der Waals surface area contributed by atoms with Crippen LogP contribution in [0.25, 0.3) is 0 Å². The summed E-state index contributed by atoms with van der Waals surface area (Å²) < 4.78 is 14.5. The van der Waals surface area contributed by atoms with Crippen LogP contribution in [-0.2, 0) is 36.0 Å². The minimum Gasteiger partial charge on any atom is -0.462 e. The van der Waals surface area contributed by atoms with E-state index in [4.69, 9.17) is 21.3 Å². The Hall–Kier alpha value is -5.26. The number of imide groups is 1. The van der Waals surface area contributed by atoms with Gasteiger partial charge in [0.1, 0.15) is 37.2 Å². The highest BCUT2D eigenvalue weighted by molar-refractivity contribution is 8.03. The Kier molecular flexibility index (Phi) is 12.3. The SMILES string of the molecule is CN(/N=C\c1ccc(OC=COc2ccc(CCNC(=O)Cn3cc(CCCCN4C(=O)c5ccccc5C4=O)nn3)cc2)cc1)[P+](C)=S. The molecule has 2 heterocycles. The minimum atomic E-state index is -0.677. The predicted molar refractivity (Wildman–Crippen MR) is 190 cm³/mol. The topological polar surface area (TPSA) is 131 Å². The van der Waals surface area contributed by atoms with E-state index in [1.165, 1.54) is 22.1 Å². The van der Waals surface area contributed by atoms with Gasteiger partial charge in [-0.15, -0.1) is 15.0 Å². The van der Waals surface area contributed by atoms with E-state index in [1.54, 1.807) is 41.5 Å². The van der Waals surface area contributed by atoms with Crippen molar-refractivity contribution in [1.82, 2.24) is 30.0 Å². The van der Waals surface area contributed by atoms with Gasteiger partial charge < -0.3 is 14.8 Å². The van der Waals surface area contributed by atoms with Crippen LogP contribution in [0.4, 0.5) is 0 Å². The summed E-state index contributed by atoms with van der Waals surface area (Å²) in [6.45, 7) is 2.18. The van der Waals surface area contributed by atoms with Crippen LogP contribution in [0.2, 0.25) is 0 Å². The van der Waals surface area contributed by atoms with E-state index in [9.17, 15) is 14.4 Å². The summed E-state index contributed by atoms with van der Waals surface area (Å²) in [6, 6.07) is 22.0. The van der Waals surface area contributed by atoms with Gasteiger partial charge in [0.05, 0.1) is 30.1 Å². The number of fused-ring (bicyclic) bond motifs is 1. The van der Waals surface area contributed by atoms with Crippen molar-refractivity contribution in [3.05, 3.63) is 119 Å². The quantitative estimate of drug-likeness (QED) is 0.0407. The van der Waals surface area contributed by atoms with E-state index in [-0.39, 0.29) is 24.3 Å². The fraction of sp³-hybridized carbons (Fsp3) is 0.257. The zero-order valence-corrected chi connectivity index (χ0v) is 29.0. The van der Waals surface area contributed by atoms with E-state index in [0.717, 1.165) is 23.2 Å². The van der Waals surface area contributed by atoms with Crippen molar-refractivity contribution < 1.29 is 23.9 Å².